The number of rotatable bonds is 6. The Kier molecular flexibility index (Phi) is 7.20. The number of aldehydes is 1. The molecule has 1 atom stereocenters. The van der Waals surface area contributed by atoms with E-state index < -0.39 is 0 Å². The standard InChI is InChI=1S/C26H30Cl2N2O3/c1-16-12-19(33-3)15-24-21(16)13-18(29(24)2)14-22-23(27)5-4-20(25(22)28)26(32)30-9-6-17(7-10-30)8-11-31/h4-5,11,13,15-17H,6-10,12,14H2,1-3H3. The molecule has 1 aromatic heterocycles. The van der Waals surface area contributed by atoms with Crippen LogP contribution in [-0.2, 0) is 23.0 Å². The summed E-state index contributed by atoms with van der Waals surface area (Å²) in [5, 5.41) is 0.976. The Morgan fingerprint density at radius 1 is 1.24 bits per heavy atom. The van der Waals surface area contributed by atoms with E-state index in [1.807, 2.05) is 11.9 Å². The first-order chi connectivity index (χ1) is 15.8. The van der Waals surface area contributed by atoms with E-state index in [9.17, 15) is 9.59 Å². The minimum atomic E-state index is -0.0741. The van der Waals surface area contributed by atoms with Gasteiger partial charge in [-0.05, 0) is 60.1 Å². The van der Waals surface area contributed by atoms with Crippen molar-refractivity contribution in [3.05, 3.63) is 62.1 Å². The molecule has 0 radical (unpaired) electrons. The topological polar surface area (TPSA) is 51.5 Å². The molecule has 1 aliphatic heterocycles. The Morgan fingerprint density at radius 3 is 2.64 bits per heavy atom. The number of likely N-dealkylation sites (tertiary alicyclic amines) is 1. The molecule has 2 aromatic rings. The zero-order chi connectivity index (χ0) is 23.7. The van der Waals surface area contributed by atoms with Crippen molar-refractivity contribution in [3.63, 3.8) is 0 Å². The zero-order valence-electron chi connectivity index (χ0n) is 19.4. The van der Waals surface area contributed by atoms with Crippen molar-refractivity contribution >= 4 is 41.5 Å². The number of aromatic nitrogens is 1. The molecule has 0 N–H and O–H groups in total. The first-order valence-corrected chi connectivity index (χ1v) is 12.2. The van der Waals surface area contributed by atoms with E-state index in [4.69, 9.17) is 27.9 Å². The lowest BCUT2D eigenvalue weighted by Gasteiger charge is -2.31. The lowest BCUT2D eigenvalue weighted by atomic mass is 9.91. The molecule has 1 aromatic carbocycles. The van der Waals surface area contributed by atoms with Gasteiger partial charge in [0, 0.05) is 55.8 Å². The maximum atomic E-state index is 13.2. The fourth-order valence-electron chi connectivity index (χ4n) is 4.99. The first-order valence-electron chi connectivity index (χ1n) is 11.5. The lowest BCUT2D eigenvalue weighted by molar-refractivity contribution is -0.108. The van der Waals surface area contributed by atoms with Gasteiger partial charge in [-0.1, -0.05) is 30.1 Å². The van der Waals surface area contributed by atoms with Gasteiger partial charge in [-0.3, -0.25) is 4.79 Å². The minimum Gasteiger partial charge on any atom is -0.501 e. The van der Waals surface area contributed by atoms with Crippen molar-refractivity contribution in [1.29, 1.82) is 0 Å². The summed E-state index contributed by atoms with van der Waals surface area (Å²) >= 11 is 13.4. The van der Waals surface area contributed by atoms with Crippen LogP contribution in [0.15, 0.2) is 24.0 Å². The van der Waals surface area contributed by atoms with E-state index in [-0.39, 0.29) is 5.91 Å². The summed E-state index contributed by atoms with van der Waals surface area (Å²) in [6, 6.07) is 5.70. The number of piperidine rings is 1. The van der Waals surface area contributed by atoms with Crippen molar-refractivity contribution in [2.75, 3.05) is 20.2 Å². The highest BCUT2D eigenvalue weighted by Gasteiger charge is 2.27. The fraction of sp³-hybridized carbons (Fsp3) is 0.462. The lowest BCUT2D eigenvalue weighted by Crippen LogP contribution is -2.38. The van der Waals surface area contributed by atoms with E-state index in [1.165, 1.54) is 5.56 Å². The summed E-state index contributed by atoms with van der Waals surface area (Å²) in [5.74, 6) is 1.63. The molecular formula is C26H30Cl2N2O3. The third kappa shape index (κ3) is 4.71. The van der Waals surface area contributed by atoms with Crippen LogP contribution in [0.4, 0.5) is 0 Å². The summed E-state index contributed by atoms with van der Waals surface area (Å²) < 4.78 is 7.66. The second-order valence-electron chi connectivity index (χ2n) is 9.16. The number of carbonyl (C=O) groups excluding carboxylic acids is 2. The van der Waals surface area contributed by atoms with Gasteiger partial charge in [-0.15, -0.1) is 0 Å². The van der Waals surface area contributed by atoms with Crippen LogP contribution >= 0.6 is 23.2 Å². The van der Waals surface area contributed by atoms with Crippen LogP contribution in [0.5, 0.6) is 0 Å². The Morgan fingerprint density at radius 2 is 1.97 bits per heavy atom. The first kappa shape index (κ1) is 23.9. The second-order valence-corrected chi connectivity index (χ2v) is 9.94. The van der Waals surface area contributed by atoms with Gasteiger partial charge in [0.25, 0.3) is 5.91 Å². The van der Waals surface area contributed by atoms with Gasteiger partial charge in [0.15, 0.2) is 0 Å². The van der Waals surface area contributed by atoms with Gasteiger partial charge in [0.1, 0.15) is 6.29 Å². The van der Waals surface area contributed by atoms with Gasteiger partial charge < -0.3 is 19.0 Å². The van der Waals surface area contributed by atoms with E-state index >= 15 is 0 Å². The third-order valence-electron chi connectivity index (χ3n) is 7.11. The summed E-state index contributed by atoms with van der Waals surface area (Å²) in [4.78, 5) is 25.9. The SMILES string of the molecule is COC1=Cc2c(cc(Cc3c(Cl)ccc(C(=O)N4CCC(CC=O)CC4)c3Cl)n2C)C(C)C1. The van der Waals surface area contributed by atoms with E-state index in [0.29, 0.717) is 53.4 Å². The molecule has 1 aliphatic carbocycles. The Balaban J connectivity index is 1.60. The largest absolute Gasteiger partial charge is 0.501 e. The average Bonchev–Trinajstić information content (AvgIpc) is 3.13. The van der Waals surface area contributed by atoms with Crippen molar-refractivity contribution < 1.29 is 14.3 Å². The minimum absolute atomic E-state index is 0.0741. The van der Waals surface area contributed by atoms with Crippen molar-refractivity contribution in [3.8, 4) is 0 Å². The highest BCUT2D eigenvalue weighted by molar-refractivity contribution is 6.38. The van der Waals surface area contributed by atoms with Crippen LogP contribution in [-0.4, -0.2) is 41.9 Å². The zero-order valence-corrected chi connectivity index (χ0v) is 20.9. The number of benzene rings is 1. The molecule has 0 saturated carbocycles. The Hall–Kier alpha value is -2.24. The quantitative estimate of drug-likeness (QED) is 0.478. The van der Waals surface area contributed by atoms with Gasteiger partial charge in [0.05, 0.1) is 23.5 Å². The number of carbonyl (C=O) groups is 2. The molecule has 1 saturated heterocycles. The van der Waals surface area contributed by atoms with Crippen LogP contribution in [0.1, 0.15) is 71.4 Å². The summed E-state index contributed by atoms with van der Waals surface area (Å²) in [6.45, 7) is 3.48. The smallest absolute Gasteiger partial charge is 0.255 e. The van der Waals surface area contributed by atoms with Gasteiger partial charge in [-0.25, -0.2) is 0 Å². The monoisotopic (exact) mass is 488 g/mol. The van der Waals surface area contributed by atoms with E-state index in [2.05, 4.69) is 23.6 Å². The number of ether oxygens (including phenoxy) is 1. The van der Waals surface area contributed by atoms with E-state index in [0.717, 1.165) is 48.3 Å². The molecular weight excluding hydrogens is 459 g/mol. The molecule has 4 rings (SSSR count). The fourth-order valence-corrected chi connectivity index (χ4v) is 5.58. The average molecular weight is 489 g/mol. The molecule has 7 heteroatoms. The number of amides is 1. The van der Waals surface area contributed by atoms with Crippen LogP contribution < -0.4 is 0 Å². The molecule has 1 amide bonds. The molecule has 33 heavy (non-hydrogen) atoms. The van der Waals surface area contributed by atoms with Gasteiger partial charge in [0.2, 0.25) is 0 Å². The number of nitrogens with zero attached hydrogens (tertiary/aromatic N) is 2. The van der Waals surface area contributed by atoms with Crippen molar-refractivity contribution in [2.45, 2.75) is 44.9 Å². The number of allylic oxidation sites excluding steroid dienone is 1. The summed E-state index contributed by atoms with van der Waals surface area (Å²) in [6.07, 6.45) is 6.72. The van der Waals surface area contributed by atoms with Crippen LogP contribution in [0.2, 0.25) is 10.0 Å². The van der Waals surface area contributed by atoms with Gasteiger partial charge in [-0.2, -0.15) is 0 Å². The highest BCUT2D eigenvalue weighted by Crippen LogP contribution is 2.38. The molecule has 0 bridgehead atoms. The Bertz CT molecular complexity index is 1100. The number of fused-ring (bicyclic) bond motifs is 1. The molecule has 1 fully saturated rings. The maximum Gasteiger partial charge on any atom is 0.255 e. The normalized spacial score (nSPS) is 18.6. The predicted molar refractivity (Wildman–Crippen MR) is 132 cm³/mol. The number of halogens is 2. The summed E-state index contributed by atoms with van der Waals surface area (Å²) in [7, 11) is 3.75. The van der Waals surface area contributed by atoms with Gasteiger partial charge >= 0.3 is 0 Å². The van der Waals surface area contributed by atoms with E-state index in [1.54, 1.807) is 19.2 Å². The number of hydrogen-bond donors (Lipinski definition) is 0. The second kappa shape index (κ2) is 9.94. The molecule has 5 nitrogen and oxygen atoms in total. The molecule has 1 unspecified atom stereocenters. The van der Waals surface area contributed by atoms with Crippen LogP contribution in [0.3, 0.4) is 0 Å². The molecule has 0 spiro atoms. The molecule has 2 aliphatic rings. The highest BCUT2D eigenvalue weighted by atomic mass is 35.5. The number of methoxy groups -OCH3 is 1. The van der Waals surface area contributed by atoms with Crippen LogP contribution in [0, 0.1) is 5.92 Å². The number of hydrogen-bond acceptors (Lipinski definition) is 3. The summed E-state index contributed by atoms with van der Waals surface area (Å²) in [5.41, 5.74) is 4.76. The van der Waals surface area contributed by atoms with Crippen molar-refractivity contribution in [2.24, 2.45) is 13.0 Å². The third-order valence-corrected chi connectivity index (χ3v) is 7.90. The van der Waals surface area contributed by atoms with Crippen LogP contribution in [0.25, 0.3) is 6.08 Å². The molecule has 2 heterocycles. The molecule has 176 valence electrons. The predicted octanol–water partition coefficient (Wildman–Crippen LogP) is 5.86. The van der Waals surface area contributed by atoms with Crippen molar-refractivity contribution in [1.82, 2.24) is 9.47 Å². The maximum absolute atomic E-state index is 13.2. The Labute approximate surface area is 205 Å².